The fourth-order valence-electron chi connectivity index (χ4n) is 4.16. The highest BCUT2D eigenvalue weighted by Gasteiger charge is 2.25. The van der Waals surface area contributed by atoms with Crippen LogP contribution in [0.3, 0.4) is 0 Å². The Kier molecular flexibility index (Phi) is 10.6. The Labute approximate surface area is 188 Å². The smallest absolute Gasteiger partial charge is 0.222 e. The lowest BCUT2D eigenvalue weighted by Crippen LogP contribution is -2.30. The Bertz CT molecular complexity index is 753. The molecule has 1 saturated heterocycles. The first-order chi connectivity index (χ1) is 14.6. The minimum Gasteiger partial charge on any atom is -0.342 e. The molecule has 3 unspecified atom stereocenters. The molecule has 0 aliphatic carbocycles. The quantitative estimate of drug-likeness (QED) is 0.328. The number of halogens is 1. The lowest BCUT2D eigenvalue weighted by Gasteiger charge is -2.19. The third kappa shape index (κ3) is 7.68. The maximum atomic E-state index is 13.4. The molecule has 0 spiro atoms. The molecule has 0 bridgehead atoms. The van der Waals surface area contributed by atoms with Gasteiger partial charge in [-0.3, -0.25) is 4.79 Å². The molecule has 2 aromatic rings. The molecule has 1 N–H and O–H groups in total. The summed E-state index contributed by atoms with van der Waals surface area (Å²) in [5, 5.41) is 1.15. The van der Waals surface area contributed by atoms with Crippen LogP contribution in [0.4, 0.5) is 4.39 Å². The molecule has 3 atom stereocenters. The Morgan fingerprint density at radius 1 is 1.16 bits per heavy atom. The number of hydrogen-bond acceptors (Lipinski definition) is 3. The van der Waals surface area contributed by atoms with Crippen LogP contribution in [0.5, 0.6) is 0 Å². The van der Waals surface area contributed by atoms with Gasteiger partial charge in [-0.15, -0.1) is 9.24 Å². The number of unbranched alkanes of at least 4 members (excludes halogenated alkanes) is 1. The van der Waals surface area contributed by atoms with E-state index < -0.39 is 0 Å². The zero-order valence-corrected chi connectivity index (χ0v) is 18.8. The number of rotatable bonds is 10. The number of benzene rings is 2. The van der Waals surface area contributed by atoms with Crippen molar-refractivity contribution in [2.24, 2.45) is 5.92 Å². The Balaban J connectivity index is 0.00000341. The highest BCUT2D eigenvalue weighted by atomic mass is 31.0. The van der Waals surface area contributed by atoms with E-state index in [0.717, 1.165) is 56.2 Å². The lowest BCUT2D eigenvalue weighted by atomic mass is 9.87. The van der Waals surface area contributed by atoms with Gasteiger partial charge in [-0.25, -0.2) is 9.87 Å². The van der Waals surface area contributed by atoms with Gasteiger partial charge < -0.3 is 9.74 Å². The summed E-state index contributed by atoms with van der Waals surface area (Å²) < 4.78 is 13.4. The van der Waals surface area contributed by atoms with Crippen LogP contribution in [-0.2, 0) is 9.63 Å². The number of likely N-dealkylation sites (tertiary alicyclic amines) is 1. The van der Waals surface area contributed by atoms with E-state index in [2.05, 4.69) is 39.0 Å². The summed E-state index contributed by atoms with van der Waals surface area (Å²) in [6.45, 7) is 2.44. The zero-order valence-electron chi connectivity index (χ0n) is 17.6. The fourth-order valence-corrected chi connectivity index (χ4v) is 4.35. The van der Waals surface area contributed by atoms with Crippen molar-refractivity contribution >= 4 is 20.5 Å². The van der Waals surface area contributed by atoms with E-state index >= 15 is 0 Å². The van der Waals surface area contributed by atoms with Crippen LogP contribution in [0.1, 0.15) is 56.6 Å². The monoisotopic (exact) mass is 446 g/mol. The average Bonchev–Trinajstić information content (AvgIpc) is 3.23. The molecule has 0 saturated carbocycles. The molecule has 2 aromatic carbocycles. The molecular weight excluding hydrogens is 410 g/mol. The maximum Gasteiger partial charge on any atom is 0.222 e. The third-order valence-corrected chi connectivity index (χ3v) is 6.28. The number of nitrogens with one attached hydrogen (secondary N) is 1. The number of carbonyl (C=O) groups excluding carboxylic acids is 1. The van der Waals surface area contributed by atoms with Gasteiger partial charge in [0, 0.05) is 32.0 Å². The van der Waals surface area contributed by atoms with Crippen LogP contribution in [-0.4, -0.2) is 37.6 Å². The molecule has 1 amide bonds. The summed E-state index contributed by atoms with van der Waals surface area (Å²) in [4.78, 5) is 19.4. The van der Waals surface area contributed by atoms with Crippen LogP contribution in [0.2, 0.25) is 0 Å². The van der Waals surface area contributed by atoms with Crippen LogP contribution < -0.4 is 10.8 Å². The van der Waals surface area contributed by atoms with Gasteiger partial charge in [-0.2, -0.15) is 0 Å². The molecular formula is C25H36FN2O2P. The molecule has 1 heterocycles. The van der Waals surface area contributed by atoms with Crippen molar-refractivity contribution in [3.05, 3.63) is 65.5 Å². The fraction of sp³-hybridized carbons (Fsp3) is 0.480. The van der Waals surface area contributed by atoms with Crippen LogP contribution in [0, 0.1) is 11.7 Å². The van der Waals surface area contributed by atoms with E-state index in [0.29, 0.717) is 12.3 Å². The first-order valence-corrected chi connectivity index (χ1v) is 11.3. The van der Waals surface area contributed by atoms with Gasteiger partial charge in [0.25, 0.3) is 0 Å². The normalized spacial score (nSPS) is 16.7. The van der Waals surface area contributed by atoms with E-state index in [1.165, 1.54) is 17.7 Å². The summed E-state index contributed by atoms with van der Waals surface area (Å²) in [6.07, 6.45) is 4.38. The predicted octanol–water partition coefficient (Wildman–Crippen LogP) is 4.65. The topological polar surface area (TPSA) is 41.6 Å². The summed E-state index contributed by atoms with van der Waals surface area (Å²) in [5.74, 6) is 0.715. The molecule has 0 radical (unpaired) electrons. The van der Waals surface area contributed by atoms with Crippen molar-refractivity contribution in [2.45, 2.75) is 45.4 Å². The van der Waals surface area contributed by atoms with Gasteiger partial charge in [0.1, 0.15) is 5.82 Å². The van der Waals surface area contributed by atoms with Crippen molar-refractivity contribution in [3.63, 3.8) is 0 Å². The summed E-state index contributed by atoms with van der Waals surface area (Å²) in [7, 11) is 4.32. The van der Waals surface area contributed by atoms with Crippen molar-refractivity contribution in [3.8, 4) is 0 Å². The van der Waals surface area contributed by atoms with Crippen molar-refractivity contribution in [1.29, 1.82) is 0 Å². The zero-order chi connectivity index (χ0) is 21.3. The van der Waals surface area contributed by atoms with E-state index in [1.54, 1.807) is 7.11 Å². The van der Waals surface area contributed by atoms with Gasteiger partial charge in [0.15, 0.2) is 0 Å². The Morgan fingerprint density at radius 2 is 1.81 bits per heavy atom. The summed E-state index contributed by atoms with van der Waals surface area (Å²) >= 11 is 0. The molecule has 4 nitrogen and oxygen atoms in total. The van der Waals surface area contributed by atoms with Gasteiger partial charge in [0.05, 0.1) is 7.11 Å². The Hall–Kier alpha value is -1.81. The predicted molar refractivity (Wildman–Crippen MR) is 129 cm³/mol. The first kappa shape index (κ1) is 25.5. The molecule has 31 heavy (non-hydrogen) atoms. The van der Waals surface area contributed by atoms with E-state index in [4.69, 9.17) is 4.84 Å². The first-order valence-electron chi connectivity index (χ1n) is 10.7. The number of hydroxylamine groups is 1. The number of carbonyl (C=O) groups is 1. The van der Waals surface area contributed by atoms with Crippen LogP contribution >= 0.6 is 9.24 Å². The second kappa shape index (κ2) is 12.9. The van der Waals surface area contributed by atoms with Gasteiger partial charge in [-0.05, 0) is 53.7 Å². The van der Waals surface area contributed by atoms with Crippen molar-refractivity contribution < 1.29 is 14.0 Å². The third-order valence-electron chi connectivity index (χ3n) is 5.90. The summed E-state index contributed by atoms with van der Waals surface area (Å²) in [6, 6.07) is 15.2. The highest BCUT2D eigenvalue weighted by Crippen LogP contribution is 2.30. The van der Waals surface area contributed by atoms with Gasteiger partial charge in [0.2, 0.25) is 5.91 Å². The van der Waals surface area contributed by atoms with Gasteiger partial charge >= 0.3 is 0 Å². The maximum absolute atomic E-state index is 13.4. The van der Waals surface area contributed by atoms with E-state index in [-0.39, 0.29) is 25.1 Å². The van der Waals surface area contributed by atoms with E-state index in [9.17, 15) is 9.18 Å². The molecule has 1 aliphatic rings. The van der Waals surface area contributed by atoms with Crippen LogP contribution in [0.15, 0.2) is 48.5 Å². The van der Waals surface area contributed by atoms with Crippen molar-refractivity contribution in [2.75, 3.05) is 26.7 Å². The SMILES string of the molecule is C.CONCC1CCN(C(=O)CCCCC(c2ccc(F)cc2)c2ccc(P)cc2)C1. The average molecular weight is 447 g/mol. The van der Waals surface area contributed by atoms with Crippen molar-refractivity contribution in [1.82, 2.24) is 10.4 Å². The largest absolute Gasteiger partial charge is 0.342 e. The minimum atomic E-state index is -0.215. The second-order valence-electron chi connectivity index (χ2n) is 8.06. The van der Waals surface area contributed by atoms with Gasteiger partial charge in [-0.1, -0.05) is 50.2 Å². The summed E-state index contributed by atoms with van der Waals surface area (Å²) in [5.41, 5.74) is 5.24. The number of hydrogen-bond donors (Lipinski definition) is 1. The number of amides is 1. The molecule has 3 rings (SSSR count). The van der Waals surface area contributed by atoms with Crippen LogP contribution in [0.25, 0.3) is 0 Å². The lowest BCUT2D eigenvalue weighted by molar-refractivity contribution is -0.130. The minimum absolute atomic E-state index is 0. The molecule has 1 fully saturated rings. The molecule has 1 aliphatic heterocycles. The molecule has 0 aromatic heterocycles. The molecule has 170 valence electrons. The highest BCUT2D eigenvalue weighted by molar-refractivity contribution is 7.27. The standard InChI is InChI=1S/C24H32FN2O2P.CH4/c1-29-26-16-18-14-15-27(17-18)24(28)5-3-2-4-23(19-6-10-21(25)11-7-19)20-8-12-22(30)13-9-20;/h6-13,18,23,26H,2-5,14-17,30H2,1H3;1H4. The Morgan fingerprint density at radius 3 is 2.45 bits per heavy atom. The second-order valence-corrected chi connectivity index (χ2v) is 8.73. The molecule has 6 heteroatoms. The van der Waals surface area contributed by atoms with E-state index in [1.807, 2.05) is 17.0 Å². The number of nitrogens with zero attached hydrogens (tertiary/aromatic N) is 1.